The Bertz CT molecular complexity index is 817. The number of guanidine groups is 1. The molecule has 0 saturated carbocycles. The van der Waals surface area contributed by atoms with Crippen molar-refractivity contribution in [3.8, 4) is 0 Å². The first-order valence-electron chi connectivity index (χ1n) is 11.3. The summed E-state index contributed by atoms with van der Waals surface area (Å²) in [7, 11) is 0. The van der Waals surface area contributed by atoms with Crippen molar-refractivity contribution in [3.63, 3.8) is 0 Å². The van der Waals surface area contributed by atoms with Crippen LogP contribution in [-0.4, -0.2) is 61.7 Å². The summed E-state index contributed by atoms with van der Waals surface area (Å²) < 4.78 is 5.49. The van der Waals surface area contributed by atoms with Crippen LogP contribution in [0.25, 0.3) is 0 Å². The topological polar surface area (TPSA) is 40.1 Å². The Morgan fingerprint density at radius 3 is 2.50 bits per heavy atom. The van der Waals surface area contributed by atoms with Crippen LogP contribution in [0.15, 0.2) is 59.6 Å². The Morgan fingerprint density at radius 1 is 1.00 bits per heavy atom. The summed E-state index contributed by atoms with van der Waals surface area (Å²) in [6.45, 7) is 10.5. The summed E-state index contributed by atoms with van der Waals surface area (Å²) in [6, 6.07) is 19.6. The molecule has 0 bridgehead atoms. The van der Waals surface area contributed by atoms with E-state index >= 15 is 0 Å². The van der Waals surface area contributed by atoms with Crippen LogP contribution in [-0.2, 0) is 17.8 Å². The minimum absolute atomic E-state index is 0.587. The van der Waals surface area contributed by atoms with E-state index in [9.17, 15) is 0 Å². The van der Waals surface area contributed by atoms with Crippen molar-refractivity contribution in [2.24, 2.45) is 4.99 Å². The lowest BCUT2D eigenvalue weighted by Crippen LogP contribution is -2.40. The third kappa shape index (κ3) is 5.41. The summed E-state index contributed by atoms with van der Waals surface area (Å²) in [4.78, 5) is 9.93. The molecular formula is C25H34N4O. The highest BCUT2D eigenvalue weighted by Gasteiger charge is 2.26. The summed E-state index contributed by atoms with van der Waals surface area (Å²) in [6.07, 6.45) is 1.18. The van der Waals surface area contributed by atoms with Crippen molar-refractivity contribution in [2.75, 3.05) is 45.9 Å². The third-order valence-electron chi connectivity index (χ3n) is 6.11. The zero-order valence-corrected chi connectivity index (χ0v) is 18.1. The van der Waals surface area contributed by atoms with Gasteiger partial charge in [-0.05, 0) is 30.0 Å². The number of aliphatic imine (C=N–C) groups is 1. The van der Waals surface area contributed by atoms with Crippen molar-refractivity contribution < 1.29 is 4.74 Å². The predicted octanol–water partition coefficient (Wildman–Crippen LogP) is 3.47. The highest BCUT2D eigenvalue weighted by atomic mass is 16.5. The first kappa shape index (κ1) is 20.9. The second-order valence-electron chi connectivity index (χ2n) is 8.17. The molecule has 4 rings (SSSR count). The summed E-state index contributed by atoms with van der Waals surface area (Å²) in [5.74, 6) is 1.63. The van der Waals surface area contributed by atoms with Gasteiger partial charge in [-0.3, -0.25) is 4.90 Å². The predicted molar refractivity (Wildman–Crippen MR) is 123 cm³/mol. The summed E-state index contributed by atoms with van der Waals surface area (Å²) >= 11 is 0. The highest BCUT2D eigenvalue weighted by molar-refractivity contribution is 5.80. The molecule has 2 fully saturated rings. The molecular weight excluding hydrogens is 372 g/mol. The molecule has 2 aromatic rings. The number of nitrogens with one attached hydrogen (secondary N) is 1. The molecule has 0 radical (unpaired) electrons. The maximum atomic E-state index is 5.49. The second kappa shape index (κ2) is 10.6. The third-order valence-corrected chi connectivity index (χ3v) is 6.11. The van der Waals surface area contributed by atoms with Crippen molar-refractivity contribution in [1.82, 2.24) is 15.1 Å². The van der Waals surface area contributed by atoms with E-state index in [1.165, 1.54) is 23.1 Å². The minimum Gasteiger partial charge on any atom is -0.379 e. The van der Waals surface area contributed by atoms with E-state index in [1.54, 1.807) is 0 Å². The van der Waals surface area contributed by atoms with Crippen LogP contribution in [0, 0.1) is 0 Å². The molecule has 0 spiro atoms. The van der Waals surface area contributed by atoms with Crippen molar-refractivity contribution in [2.45, 2.75) is 32.4 Å². The minimum atomic E-state index is 0.587. The van der Waals surface area contributed by atoms with E-state index < -0.39 is 0 Å². The van der Waals surface area contributed by atoms with Gasteiger partial charge in [-0.25, -0.2) is 4.99 Å². The fourth-order valence-corrected chi connectivity index (χ4v) is 4.40. The molecule has 0 aromatic heterocycles. The lowest BCUT2D eigenvalue weighted by molar-refractivity contribution is 0.0341. The van der Waals surface area contributed by atoms with Gasteiger partial charge in [0.25, 0.3) is 0 Å². The molecule has 1 N–H and O–H groups in total. The van der Waals surface area contributed by atoms with Crippen LogP contribution in [0.2, 0.25) is 0 Å². The standard InChI is InChI=1S/C25H34N4O/c1-2-26-25(29-13-12-24(20-29)21-8-4-3-5-9-21)27-18-22-10-6-7-11-23(22)19-28-14-16-30-17-15-28/h3-11,24H,2,12-20H2,1H3,(H,26,27). The van der Waals surface area contributed by atoms with Gasteiger partial charge in [-0.2, -0.15) is 0 Å². The smallest absolute Gasteiger partial charge is 0.194 e. The molecule has 1 unspecified atom stereocenters. The number of morpholine rings is 1. The zero-order valence-electron chi connectivity index (χ0n) is 18.1. The molecule has 5 nitrogen and oxygen atoms in total. The zero-order chi connectivity index (χ0) is 20.6. The van der Waals surface area contributed by atoms with Gasteiger partial charge in [-0.15, -0.1) is 0 Å². The van der Waals surface area contributed by atoms with Crippen LogP contribution < -0.4 is 5.32 Å². The molecule has 2 aliphatic rings. The van der Waals surface area contributed by atoms with E-state index in [-0.39, 0.29) is 0 Å². The maximum Gasteiger partial charge on any atom is 0.194 e. The quantitative estimate of drug-likeness (QED) is 0.589. The summed E-state index contributed by atoms with van der Waals surface area (Å²) in [5, 5.41) is 3.52. The Hall–Kier alpha value is -2.37. The Balaban J connectivity index is 1.43. The largest absolute Gasteiger partial charge is 0.379 e. The average molecular weight is 407 g/mol. The molecule has 30 heavy (non-hydrogen) atoms. The number of nitrogens with zero attached hydrogens (tertiary/aromatic N) is 3. The van der Waals surface area contributed by atoms with Gasteiger partial charge in [0.2, 0.25) is 0 Å². The fourth-order valence-electron chi connectivity index (χ4n) is 4.40. The van der Waals surface area contributed by atoms with Crippen LogP contribution in [0.5, 0.6) is 0 Å². The second-order valence-corrected chi connectivity index (χ2v) is 8.17. The Kier molecular flexibility index (Phi) is 7.38. The molecule has 2 saturated heterocycles. The number of ether oxygens (including phenoxy) is 1. The number of likely N-dealkylation sites (tertiary alicyclic amines) is 1. The molecule has 2 heterocycles. The SMILES string of the molecule is CCNC(=NCc1ccccc1CN1CCOCC1)N1CCC(c2ccccc2)C1. The van der Waals surface area contributed by atoms with Gasteiger partial charge >= 0.3 is 0 Å². The number of hydrogen-bond donors (Lipinski definition) is 1. The van der Waals surface area contributed by atoms with Gasteiger partial charge in [0.1, 0.15) is 0 Å². The number of rotatable bonds is 6. The van der Waals surface area contributed by atoms with Crippen LogP contribution in [0.4, 0.5) is 0 Å². The molecule has 0 aliphatic carbocycles. The highest BCUT2D eigenvalue weighted by Crippen LogP contribution is 2.27. The van der Waals surface area contributed by atoms with Crippen LogP contribution in [0.3, 0.4) is 0 Å². The fraction of sp³-hybridized carbons (Fsp3) is 0.480. The van der Waals surface area contributed by atoms with E-state index in [0.717, 1.165) is 65.0 Å². The van der Waals surface area contributed by atoms with Crippen molar-refractivity contribution >= 4 is 5.96 Å². The number of hydrogen-bond acceptors (Lipinski definition) is 3. The van der Waals surface area contributed by atoms with Gasteiger partial charge in [0, 0.05) is 45.2 Å². The lowest BCUT2D eigenvalue weighted by Gasteiger charge is -2.27. The normalized spacial score (nSPS) is 20.5. The van der Waals surface area contributed by atoms with E-state index in [4.69, 9.17) is 9.73 Å². The lowest BCUT2D eigenvalue weighted by atomic mass is 9.99. The van der Waals surface area contributed by atoms with Crippen molar-refractivity contribution in [3.05, 3.63) is 71.3 Å². The first-order valence-corrected chi connectivity index (χ1v) is 11.3. The van der Waals surface area contributed by atoms with Crippen molar-refractivity contribution in [1.29, 1.82) is 0 Å². The van der Waals surface area contributed by atoms with E-state index in [0.29, 0.717) is 5.92 Å². The molecule has 1 atom stereocenters. The monoisotopic (exact) mass is 406 g/mol. The van der Waals surface area contributed by atoms with Gasteiger partial charge in [-0.1, -0.05) is 54.6 Å². The Labute approximate surface area is 180 Å². The summed E-state index contributed by atoms with van der Waals surface area (Å²) in [5.41, 5.74) is 4.13. The van der Waals surface area contributed by atoms with Crippen LogP contribution in [0.1, 0.15) is 36.0 Å². The van der Waals surface area contributed by atoms with Crippen LogP contribution >= 0.6 is 0 Å². The Morgan fingerprint density at radius 2 is 1.73 bits per heavy atom. The van der Waals surface area contributed by atoms with Gasteiger partial charge < -0.3 is 15.0 Å². The van der Waals surface area contributed by atoms with Gasteiger partial charge in [0.05, 0.1) is 19.8 Å². The molecule has 5 heteroatoms. The maximum absolute atomic E-state index is 5.49. The van der Waals surface area contributed by atoms with Gasteiger partial charge in [0.15, 0.2) is 5.96 Å². The van der Waals surface area contributed by atoms with E-state index in [1.807, 2.05) is 0 Å². The average Bonchev–Trinajstić information content (AvgIpc) is 3.29. The van der Waals surface area contributed by atoms with E-state index in [2.05, 4.69) is 76.6 Å². The molecule has 2 aliphatic heterocycles. The molecule has 160 valence electrons. The molecule has 2 aromatic carbocycles. The number of benzene rings is 2. The first-order chi connectivity index (χ1) is 14.8. The molecule has 0 amide bonds.